The van der Waals surface area contributed by atoms with Crippen LogP contribution in [0.3, 0.4) is 0 Å². The molecule has 4 aromatic rings. The first-order valence-corrected chi connectivity index (χ1v) is 9.91. The number of hydrogen-bond donors (Lipinski definition) is 0. The van der Waals surface area contributed by atoms with E-state index in [2.05, 4.69) is 10.1 Å². The van der Waals surface area contributed by atoms with Crippen LogP contribution in [-0.2, 0) is 10.9 Å². The van der Waals surface area contributed by atoms with E-state index in [-0.39, 0.29) is 12.6 Å². The minimum atomic E-state index is -4.48. The van der Waals surface area contributed by atoms with Crippen molar-refractivity contribution in [2.75, 3.05) is 6.61 Å². The van der Waals surface area contributed by atoms with Gasteiger partial charge in [0, 0.05) is 11.8 Å². The molecule has 0 aliphatic carbocycles. The molecule has 0 aliphatic heterocycles. The molecule has 0 unspecified atom stereocenters. The van der Waals surface area contributed by atoms with E-state index in [1.807, 2.05) is 30.3 Å². The first-order valence-electron chi connectivity index (χ1n) is 9.91. The Morgan fingerprint density at radius 3 is 2.42 bits per heavy atom. The standard InChI is InChI=1S/C23H18F3N3O4/c1-3-31-22(30)32-21-27-18(13-29(21)17-11-9-16(10-12-17)23(24,25)26)19-14(2)33-28-20(19)15-7-5-4-6-8-15/h4-13H,3H2,1-2H3. The van der Waals surface area contributed by atoms with E-state index in [1.165, 1.54) is 22.9 Å². The summed E-state index contributed by atoms with van der Waals surface area (Å²) in [4.78, 5) is 16.3. The van der Waals surface area contributed by atoms with Gasteiger partial charge in [0.15, 0.2) is 0 Å². The number of hydrogen-bond acceptors (Lipinski definition) is 6. The van der Waals surface area contributed by atoms with Crippen LogP contribution in [0.5, 0.6) is 6.01 Å². The third-order valence-corrected chi connectivity index (χ3v) is 4.75. The molecule has 10 heteroatoms. The second-order valence-electron chi connectivity index (χ2n) is 6.94. The van der Waals surface area contributed by atoms with Gasteiger partial charge in [0.25, 0.3) is 0 Å². The van der Waals surface area contributed by atoms with Crippen molar-refractivity contribution in [3.8, 4) is 34.2 Å². The maximum absolute atomic E-state index is 13.0. The summed E-state index contributed by atoms with van der Waals surface area (Å²) < 4.78 is 55.7. The van der Waals surface area contributed by atoms with Gasteiger partial charge in [-0.25, -0.2) is 4.79 Å². The highest BCUT2D eigenvalue weighted by molar-refractivity contribution is 5.80. The van der Waals surface area contributed by atoms with E-state index in [0.717, 1.165) is 17.7 Å². The predicted octanol–water partition coefficient (Wildman–Crippen LogP) is 6.06. The van der Waals surface area contributed by atoms with Crippen LogP contribution in [-0.4, -0.2) is 27.5 Å². The third-order valence-electron chi connectivity index (χ3n) is 4.75. The highest BCUT2D eigenvalue weighted by Gasteiger charge is 2.30. The lowest BCUT2D eigenvalue weighted by Crippen LogP contribution is -2.13. The van der Waals surface area contributed by atoms with Gasteiger partial charge in [-0.15, -0.1) is 0 Å². The number of imidazole rings is 1. The van der Waals surface area contributed by atoms with Crippen molar-refractivity contribution in [3.63, 3.8) is 0 Å². The van der Waals surface area contributed by atoms with Crippen molar-refractivity contribution in [3.05, 3.63) is 72.1 Å². The molecule has 0 amide bonds. The van der Waals surface area contributed by atoms with Crippen molar-refractivity contribution in [1.29, 1.82) is 0 Å². The summed E-state index contributed by atoms with van der Waals surface area (Å²) in [7, 11) is 0. The number of carbonyl (C=O) groups is 1. The molecular formula is C23H18F3N3O4. The molecule has 0 atom stereocenters. The van der Waals surface area contributed by atoms with Gasteiger partial charge in [-0.05, 0) is 38.1 Å². The number of alkyl halides is 3. The van der Waals surface area contributed by atoms with Gasteiger partial charge >= 0.3 is 18.3 Å². The Kier molecular flexibility index (Phi) is 5.91. The molecule has 0 spiro atoms. The van der Waals surface area contributed by atoms with E-state index < -0.39 is 17.9 Å². The molecule has 7 nitrogen and oxygen atoms in total. The zero-order chi connectivity index (χ0) is 23.6. The van der Waals surface area contributed by atoms with Crippen LogP contribution >= 0.6 is 0 Å². The molecule has 0 N–H and O–H groups in total. The number of carbonyl (C=O) groups excluding carboxylic acids is 1. The SMILES string of the molecule is CCOC(=O)Oc1nc(-c2c(-c3ccccc3)noc2C)cn1-c1ccc(C(F)(F)F)cc1. The van der Waals surface area contributed by atoms with Crippen LogP contribution in [0.1, 0.15) is 18.2 Å². The normalized spacial score (nSPS) is 11.4. The molecule has 0 bridgehead atoms. The quantitative estimate of drug-likeness (QED) is 0.339. The second-order valence-corrected chi connectivity index (χ2v) is 6.94. The number of ether oxygens (including phenoxy) is 2. The van der Waals surface area contributed by atoms with Crippen molar-refractivity contribution < 1.29 is 32.0 Å². The van der Waals surface area contributed by atoms with Crippen LogP contribution < -0.4 is 4.74 Å². The van der Waals surface area contributed by atoms with Gasteiger partial charge in [-0.2, -0.15) is 18.2 Å². The lowest BCUT2D eigenvalue weighted by atomic mass is 10.0. The number of benzene rings is 2. The van der Waals surface area contributed by atoms with Gasteiger partial charge in [-0.3, -0.25) is 4.57 Å². The van der Waals surface area contributed by atoms with E-state index in [4.69, 9.17) is 14.0 Å². The maximum atomic E-state index is 13.0. The monoisotopic (exact) mass is 457 g/mol. The Morgan fingerprint density at radius 2 is 1.79 bits per heavy atom. The Labute approximate surface area is 186 Å². The number of nitrogens with zero attached hydrogens (tertiary/aromatic N) is 3. The van der Waals surface area contributed by atoms with Gasteiger partial charge in [0.05, 0.1) is 29.1 Å². The van der Waals surface area contributed by atoms with Gasteiger partial charge in [0.1, 0.15) is 11.5 Å². The summed E-state index contributed by atoms with van der Waals surface area (Å²) in [6.45, 7) is 3.40. The van der Waals surface area contributed by atoms with E-state index in [0.29, 0.717) is 28.4 Å². The third kappa shape index (κ3) is 4.59. The molecule has 2 heterocycles. The summed E-state index contributed by atoms with van der Waals surface area (Å²) in [5.41, 5.74) is 1.71. The molecule has 2 aromatic heterocycles. The number of aromatic nitrogens is 3. The van der Waals surface area contributed by atoms with E-state index in [9.17, 15) is 18.0 Å². The first-order chi connectivity index (χ1) is 15.8. The van der Waals surface area contributed by atoms with Crippen LogP contribution in [0.2, 0.25) is 0 Å². The average molecular weight is 457 g/mol. The van der Waals surface area contributed by atoms with E-state index in [1.54, 1.807) is 13.8 Å². The number of aryl methyl sites for hydroxylation is 1. The van der Waals surface area contributed by atoms with Crippen molar-refractivity contribution in [1.82, 2.24) is 14.7 Å². The number of rotatable bonds is 5. The largest absolute Gasteiger partial charge is 0.516 e. The van der Waals surface area contributed by atoms with Crippen molar-refractivity contribution >= 4 is 6.16 Å². The zero-order valence-electron chi connectivity index (χ0n) is 17.6. The van der Waals surface area contributed by atoms with Crippen LogP contribution in [0.15, 0.2) is 65.3 Å². The van der Waals surface area contributed by atoms with Crippen molar-refractivity contribution in [2.45, 2.75) is 20.0 Å². The minimum Gasteiger partial charge on any atom is -0.434 e. The molecule has 0 radical (unpaired) electrons. The lowest BCUT2D eigenvalue weighted by molar-refractivity contribution is -0.137. The molecular weight excluding hydrogens is 439 g/mol. The fourth-order valence-corrected chi connectivity index (χ4v) is 3.24. The topological polar surface area (TPSA) is 79.4 Å². The number of halogens is 3. The van der Waals surface area contributed by atoms with Gasteiger partial charge in [-0.1, -0.05) is 35.5 Å². The highest BCUT2D eigenvalue weighted by Crippen LogP contribution is 2.36. The molecule has 33 heavy (non-hydrogen) atoms. The molecule has 4 rings (SSSR count). The second kappa shape index (κ2) is 8.81. The van der Waals surface area contributed by atoms with Gasteiger partial charge < -0.3 is 14.0 Å². The summed E-state index contributed by atoms with van der Waals surface area (Å²) in [6.07, 6.45) is -3.94. The molecule has 0 fully saturated rings. The maximum Gasteiger partial charge on any atom is 0.516 e. The first kappa shape index (κ1) is 22.1. The molecule has 0 saturated carbocycles. The predicted molar refractivity (Wildman–Crippen MR) is 112 cm³/mol. The lowest BCUT2D eigenvalue weighted by Gasteiger charge is -2.10. The summed E-state index contributed by atoms with van der Waals surface area (Å²) in [5.74, 6) is 0.466. The summed E-state index contributed by atoms with van der Waals surface area (Å²) >= 11 is 0. The van der Waals surface area contributed by atoms with Crippen LogP contribution in [0.25, 0.3) is 28.2 Å². The zero-order valence-corrected chi connectivity index (χ0v) is 17.6. The smallest absolute Gasteiger partial charge is 0.434 e. The molecule has 0 saturated heterocycles. The minimum absolute atomic E-state index is 0.0790. The van der Waals surface area contributed by atoms with Gasteiger partial charge in [0.2, 0.25) is 0 Å². The van der Waals surface area contributed by atoms with E-state index >= 15 is 0 Å². The fraction of sp³-hybridized carbons (Fsp3) is 0.174. The summed E-state index contributed by atoms with van der Waals surface area (Å²) in [5, 5.41) is 4.12. The van der Waals surface area contributed by atoms with Crippen LogP contribution in [0.4, 0.5) is 18.0 Å². The molecule has 0 aliphatic rings. The fourth-order valence-electron chi connectivity index (χ4n) is 3.24. The Hall–Kier alpha value is -4.08. The Morgan fingerprint density at radius 1 is 1.09 bits per heavy atom. The van der Waals surface area contributed by atoms with Crippen molar-refractivity contribution in [2.24, 2.45) is 0 Å². The Balaban J connectivity index is 1.82. The molecule has 2 aromatic carbocycles. The average Bonchev–Trinajstić information content (AvgIpc) is 3.37. The summed E-state index contributed by atoms with van der Waals surface area (Å²) in [6, 6.07) is 13.5. The van der Waals surface area contributed by atoms with Crippen LogP contribution in [0, 0.1) is 6.92 Å². The molecule has 170 valence electrons. The highest BCUT2D eigenvalue weighted by atomic mass is 19.4. The Bertz CT molecular complexity index is 1260.